The molecule has 0 bridgehead atoms. The van der Waals surface area contributed by atoms with Gasteiger partial charge in [-0.05, 0) is 45.4 Å². The standard InChI is InChI=1S/C11H21O4PS/c1-5-6-7-9(16(17)14-8-12)10(13)15-11(2,3)4/h12H,5-8H2,1-4H3. The van der Waals surface area contributed by atoms with E-state index in [9.17, 15) is 4.79 Å². The second kappa shape index (κ2) is 7.98. The van der Waals surface area contributed by atoms with Gasteiger partial charge in [-0.2, -0.15) is 0 Å². The highest BCUT2D eigenvalue weighted by atomic mass is 32.4. The fraction of sp³-hybridized carbons (Fsp3) is 0.818. The molecule has 17 heavy (non-hydrogen) atoms. The maximum absolute atomic E-state index is 11.9. The first-order chi connectivity index (χ1) is 7.81. The summed E-state index contributed by atoms with van der Waals surface area (Å²) in [7, 11) is 0. The third-order valence-electron chi connectivity index (χ3n) is 1.80. The van der Waals surface area contributed by atoms with Gasteiger partial charge in [0, 0.05) is 0 Å². The summed E-state index contributed by atoms with van der Waals surface area (Å²) < 4.78 is 10.2. The van der Waals surface area contributed by atoms with E-state index in [1.54, 1.807) is 20.8 Å². The topological polar surface area (TPSA) is 55.8 Å². The second-order valence-corrected chi connectivity index (χ2v) is 6.87. The van der Waals surface area contributed by atoms with Gasteiger partial charge in [-0.25, -0.2) is 4.79 Å². The quantitative estimate of drug-likeness (QED) is 0.460. The lowest BCUT2D eigenvalue weighted by Crippen LogP contribution is -2.28. The predicted molar refractivity (Wildman–Crippen MR) is 72.8 cm³/mol. The van der Waals surface area contributed by atoms with E-state index >= 15 is 0 Å². The number of carbonyl (C=O) groups is 1. The molecule has 0 amide bonds. The van der Waals surface area contributed by atoms with E-state index in [2.05, 4.69) is 0 Å². The van der Waals surface area contributed by atoms with Crippen molar-refractivity contribution >= 4 is 29.6 Å². The molecule has 100 valence electrons. The molecule has 1 atom stereocenters. The Labute approximate surface area is 108 Å². The maximum atomic E-state index is 11.9. The summed E-state index contributed by atoms with van der Waals surface area (Å²) in [6, 6.07) is 0. The number of aliphatic hydroxyl groups is 1. The minimum atomic E-state index is -1.47. The van der Waals surface area contributed by atoms with Gasteiger partial charge in [0.15, 0.2) is 6.79 Å². The van der Waals surface area contributed by atoms with Crippen LogP contribution in [0.25, 0.3) is 0 Å². The van der Waals surface area contributed by atoms with Crippen molar-refractivity contribution < 1.29 is 19.2 Å². The van der Waals surface area contributed by atoms with Crippen molar-refractivity contribution in [1.82, 2.24) is 0 Å². The van der Waals surface area contributed by atoms with Crippen LogP contribution in [-0.2, 0) is 25.9 Å². The van der Waals surface area contributed by atoms with Crippen LogP contribution in [0.1, 0.15) is 47.0 Å². The van der Waals surface area contributed by atoms with E-state index in [4.69, 9.17) is 26.2 Å². The Bertz CT molecular complexity index is 327. The van der Waals surface area contributed by atoms with E-state index < -0.39 is 24.9 Å². The van der Waals surface area contributed by atoms with Gasteiger partial charge in [0.25, 0.3) is 0 Å². The molecular weight excluding hydrogens is 259 g/mol. The summed E-state index contributed by atoms with van der Waals surface area (Å²) in [4.78, 5) is 11.9. The zero-order valence-corrected chi connectivity index (χ0v) is 12.6. The molecular formula is C11H21O4PS. The number of aliphatic hydroxyl groups excluding tert-OH is 1. The summed E-state index contributed by atoms with van der Waals surface area (Å²) >= 11 is 5.08. The van der Waals surface area contributed by atoms with Gasteiger partial charge >= 0.3 is 5.97 Å². The van der Waals surface area contributed by atoms with Crippen molar-refractivity contribution in [2.45, 2.75) is 52.6 Å². The van der Waals surface area contributed by atoms with Crippen LogP contribution in [0.2, 0.25) is 0 Å². The lowest BCUT2D eigenvalue weighted by molar-refractivity contribution is -0.146. The minimum absolute atomic E-state index is 0.402. The first-order valence-electron chi connectivity index (χ1n) is 5.62. The molecule has 0 rings (SSSR count). The zero-order chi connectivity index (χ0) is 13.5. The molecule has 0 fully saturated rings. The fourth-order valence-electron chi connectivity index (χ4n) is 1.08. The van der Waals surface area contributed by atoms with Crippen LogP contribution in [0, 0.1) is 0 Å². The summed E-state index contributed by atoms with van der Waals surface area (Å²) in [6.07, 6.45) is 2.39. The number of ether oxygens (including phenoxy) is 1. The van der Waals surface area contributed by atoms with Gasteiger partial charge in [0.1, 0.15) is 5.60 Å². The molecule has 6 heteroatoms. The lowest BCUT2D eigenvalue weighted by atomic mass is 10.1. The highest BCUT2D eigenvalue weighted by Gasteiger charge is 2.21. The van der Waals surface area contributed by atoms with Crippen molar-refractivity contribution in [3.8, 4) is 0 Å². The smallest absolute Gasteiger partial charge is 0.341 e. The molecule has 0 aliphatic carbocycles. The zero-order valence-electron chi connectivity index (χ0n) is 10.9. The van der Waals surface area contributed by atoms with Crippen LogP contribution in [0.3, 0.4) is 0 Å². The van der Waals surface area contributed by atoms with E-state index in [1.165, 1.54) is 0 Å². The van der Waals surface area contributed by atoms with Crippen LogP contribution in [0.4, 0.5) is 0 Å². The van der Waals surface area contributed by atoms with Crippen LogP contribution in [0.5, 0.6) is 0 Å². The summed E-state index contributed by atoms with van der Waals surface area (Å²) in [5.74, 6) is -0.402. The summed E-state index contributed by atoms with van der Waals surface area (Å²) in [5.41, 5.74) is -0.542. The first kappa shape index (κ1) is 16.8. The first-order valence-corrected chi connectivity index (χ1v) is 7.89. The molecule has 0 aliphatic rings. The van der Waals surface area contributed by atoms with Gasteiger partial charge in [0.05, 0.1) is 11.8 Å². The Morgan fingerprint density at radius 3 is 2.41 bits per heavy atom. The summed E-state index contributed by atoms with van der Waals surface area (Å²) in [5, 5.41) is 9.16. The molecule has 0 aliphatic heterocycles. The van der Waals surface area contributed by atoms with E-state index in [-0.39, 0.29) is 0 Å². The SMILES string of the molecule is CCCC/C(C(=O)OC(C)(C)C)=P(=S)\OCO. The number of carbonyl (C=O) groups excluding carboxylic acids is 1. The van der Waals surface area contributed by atoms with Gasteiger partial charge in [-0.15, -0.1) is 0 Å². The van der Waals surface area contributed by atoms with Crippen molar-refractivity contribution in [1.29, 1.82) is 0 Å². The van der Waals surface area contributed by atoms with Crippen molar-refractivity contribution in [3.63, 3.8) is 0 Å². The van der Waals surface area contributed by atoms with Crippen LogP contribution in [-0.4, -0.2) is 28.8 Å². The van der Waals surface area contributed by atoms with Crippen molar-refractivity contribution in [2.75, 3.05) is 6.79 Å². The van der Waals surface area contributed by atoms with Gasteiger partial charge < -0.3 is 9.84 Å². The third-order valence-corrected chi connectivity index (χ3v) is 3.97. The second-order valence-electron chi connectivity index (χ2n) is 4.57. The number of esters is 1. The molecule has 1 N–H and O–H groups in total. The Hall–Kier alpha value is -0.220. The van der Waals surface area contributed by atoms with E-state index in [0.29, 0.717) is 11.7 Å². The fourth-order valence-corrected chi connectivity index (χ4v) is 2.51. The van der Waals surface area contributed by atoms with E-state index in [0.717, 1.165) is 12.8 Å². The number of hydrogen-bond donors (Lipinski definition) is 1. The molecule has 0 radical (unpaired) electrons. The molecule has 0 saturated carbocycles. The summed E-state index contributed by atoms with van der Waals surface area (Å²) in [6.45, 7) is 5.51. The molecule has 4 nitrogen and oxygen atoms in total. The Kier molecular flexibility index (Phi) is 7.88. The van der Waals surface area contributed by atoms with Gasteiger partial charge in [0.2, 0.25) is 0 Å². The van der Waals surface area contributed by atoms with Crippen molar-refractivity contribution in [2.24, 2.45) is 0 Å². The Morgan fingerprint density at radius 1 is 1.41 bits per heavy atom. The predicted octanol–water partition coefficient (Wildman–Crippen LogP) is 2.52. The van der Waals surface area contributed by atoms with E-state index in [1.807, 2.05) is 6.92 Å². The average molecular weight is 280 g/mol. The molecule has 0 aromatic heterocycles. The Balaban J connectivity index is 4.86. The monoisotopic (exact) mass is 280 g/mol. The highest BCUT2D eigenvalue weighted by molar-refractivity contribution is 8.03. The molecule has 0 aromatic carbocycles. The molecule has 0 spiro atoms. The normalized spacial score (nSPS) is 13.2. The average Bonchev–Trinajstić information content (AvgIpc) is 2.15. The number of hydrogen-bond acceptors (Lipinski definition) is 5. The maximum Gasteiger partial charge on any atom is 0.341 e. The van der Waals surface area contributed by atoms with Crippen LogP contribution < -0.4 is 0 Å². The Morgan fingerprint density at radius 2 is 2.00 bits per heavy atom. The molecule has 0 saturated heterocycles. The van der Waals surface area contributed by atoms with Gasteiger partial charge in [-0.1, -0.05) is 13.3 Å². The minimum Gasteiger partial charge on any atom is -0.456 e. The largest absolute Gasteiger partial charge is 0.456 e. The highest BCUT2D eigenvalue weighted by Crippen LogP contribution is 2.19. The number of rotatable bonds is 6. The van der Waals surface area contributed by atoms with Crippen LogP contribution in [0.15, 0.2) is 0 Å². The van der Waals surface area contributed by atoms with Gasteiger partial charge in [-0.3, -0.25) is 4.52 Å². The molecule has 1 unspecified atom stereocenters. The van der Waals surface area contributed by atoms with Crippen molar-refractivity contribution in [3.05, 3.63) is 0 Å². The van der Waals surface area contributed by atoms with Crippen LogP contribution >= 0.6 is 6.55 Å². The molecule has 0 aromatic rings. The third kappa shape index (κ3) is 7.66. The number of unbranched alkanes of at least 4 members (excludes halogenated alkanes) is 1. The lowest BCUT2D eigenvalue weighted by Gasteiger charge is -2.20. The molecule has 0 heterocycles.